The maximum absolute atomic E-state index is 12.2. The minimum atomic E-state index is -1.05. The van der Waals surface area contributed by atoms with Crippen LogP contribution in [0.15, 0.2) is 18.2 Å². The van der Waals surface area contributed by atoms with Gasteiger partial charge in [-0.2, -0.15) is 4.68 Å². The molecule has 1 aromatic carbocycles. The van der Waals surface area contributed by atoms with E-state index in [2.05, 4.69) is 15.5 Å². The van der Waals surface area contributed by atoms with E-state index >= 15 is 0 Å². The van der Waals surface area contributed by atoms with E-state index in [1.807, 2.05) is 45.9 Å². The normalized spacial score (nSPS) is 12.8. The molecule has 0 fully saturated rings. The lowest BCUT2D eigenvalue weighted by Gasteiger charge is -2.11. The van der Waals surface area contributed by atoms with E-state index in [1.165, 1.54) is 0 Å². The predicted molar refractivity (Wildman–Crippen MR) is 86.4 cm³/mol. The molecule has 7 heteroatoms. The Hall–Kier alpha value is -1.60. The van der Waals surface area contributed by atoms with Crippen molar-refractivity contribution in [1.82, 2.24) is 20.2 Å². The third-order valence-corrected chi connectivity index (χ3v) is 4.44. The molecule has 0 N–H and O–H groups in total. The molecule has 1 atom stereocenters. The summed E-state index contributed by atoms with van der Waals surface area (Å²) in [6.07, 6.45) is 0.150. The fraction of sp³-hybridized carbons (Fsp3) is 0.533. The zero-order chi connectivity index (χ0) is 16.1. The predicted octanol–water partition coefficient (Wildman–Crippen LogP) is 1.95. The summed E-state index contributed by atoms with van der Waals surface area (Å²) in [5, 5.41) is 11.8. The van der Waals surface area contributed by atoms with Crippen molar-refractivity contribution < 1.29 is 8.95 Å². The number of aromatic nitrogens is 4. The van der Waals surface area contributed by atoms with Gasteiger partial charge in [-0.15, -0.1) is 5.10 Å². The second-order valence-electron chi connectivity index (χ2n) is 5.46. The summed E-state index contributed by atoms with van der Waals surface area (Å²) >= 11 is 0. The van der Waals surface area contributed by atoms with Crippen molar-refractivity contribution in [2.45, 2.75) is 39.6 Å². The first kappa shape index (κ1) is 16.8. The molecule has 2 aromatic rings. The average molecular weight is 322 g/mol. The lowest BCUT2D eigenvalue weighted by atomic mass is 10.1. The molecule has 0 spiro atoms. The molecule has 0 aliphatic carbocycles. The molecule has 0 radical (unpaired) electrons. The zero-order valence-corrected chi connectivity index (χ0v) is 14.3. The van der Waals surface area contributed by atoms with Crippen molar-refractivity contribution >= 4 is 10.8 Å². The number of ether oxygens (including phenoxy) is 1. The summed E-state index contributed by atoms with van der Waals surface area (Å²) in [6, 6.07) is 6.03. The van der Waals surface area contributed by atoms with E-state index in [0.29, 0.717) is 23.9 Å². The van der Waals surface area contributed by atoms with Crippen molar-refractivity contribution in [2.24, 2.45) is 0 Å². The molecule has 2 rings (SSSR count). The Kier molecular flexibility index (Phi) is 5.79. The van der Waals surface area contributed by atoms with Gasteiger partial charge in [0, 0.05) is 16.6 Å². The van der Waals surface area contributed by atoms with Crippen LogP contribution < -0.4 is 0 Å². The molecular formula is C15H22N4O2S. The summed E-state index contributed by atoms with van der Waals surface area (Å²) in [6.45, 7) is 8.44. The second kappa shape index (κ2) is 7.60. The highest BCUT2D eigenvalue weighted by Gasteiger charge is 2.15. The maximum atomic E-state index is 12.2. The first-order valence-corrected chi connectivity index (χ1v) is 8.78. The van der Waals surface area contributed by atoms with Gasteiger partial charge in [-0.25, -0.2) is 0 Å². The monoisotopic (exact) mass is 322 g/mol. The fourth-order valence-electron chi connectivity index (χ4n) is 2.20. The highest BCUT2D eigenvalue weighted by atomic mass is 32.2. The number of hydrogen-bond donors (Lipinski definition) is 0. The molecule has 6 nitrogen and oxygen atoms in total. The third kappa shape index (κ3) is 4.20. The Balaban J connectivity index is 2.12. The van der Waals surface area contributed by atoms with E-state index in [-0.39, 0.29) is 6.10 Å². The van der Waals surface area contributed by atoms with Gasteiger partial charge in [-0.05, 0) is 49.2 Å². The van der Waals surface area contributed by atoms with Gasteiger partial charge in [0.25, 0.3) is 0 Å². The third-order valence-electron chi connectivity index (χ3n) is 3.24. The Morgan fingerprint density at radius 2 is 1.95 bits per heavy atom. The number of nitrogens with zero attached hydrogens (tertiary/aromatic N) is 4. The van der Waals surface area contributed by atoms with Gasteiger partial charge < -0.3 is 4.74 Å². The zero-order valence-electron chi connectivity index (χ0n) is 13.4. The Labute approximate surface area is 133 Å². The number of benzene rings is 1. The Morgan fingerprint density at radius 1 is 1.27 bits per heavy atom. The van der Waals surface area contributed by atoms with Crippen LogP contribution in [0.25, 0.3) is 5.69 Å². The van der Waals surface area contributed by atoms with Crippen molar-refractivity contribution in [1.29, 1.82) is 0 Å². The maximum Gasteiger partial charge on any atom is 0.169 e. The van der Waals surface area contributed by atoms with Crippen LogP contribution in [0.2, 0.25) is 0 Å². The summed E-state index contributed by atoms with van der Waals surface area (Å²) in [5.74, 6) is 1.42. The van der Waals surface area contributed by atoms with Crippen LogP contribution in [0.4, 0.5) is 0 Å². The van der Waals surface area contributed by atoms with Crippen LogP contribution in [0.5, 0.6) is 0 Å². The van der Waals surface area contributed by atoms with E-state index in [0.717, 1.165) is 16.8 Å². The van der Waals surface area contributed by atoms with Gasteiger partial charge in [0.15, 0.2) is 5.82 Å². The molecule has 0 aliphatic heterocycles. The van der Waals surface area contributed by atoms with Crippen LogP contribution in [0.3, 0.4) is 0 Å². The van der Waals surface area contributed by atoms with Gasteiger partial charge >= 0.3 is 0 Å². The van der Waals surface area contributed by atoms with Crippen molar-refractivity contribution in [3.63, 3.8) is 0 Å². The largest absolute Gasteiger partial charge is 0.378 e. The summed E-state index contributed by atoms with van der Waals surface area (Å²) in [7, 11) is -1.05. The smallest absolute Gasteiger partial charge is 0.169 e. The van der Waals surface area contributed by atoms with Gasteiger partial charge in [-0.1, -0.05) is 18.2 Å². The van der Waals surface area contributed by atoms with Crippen LogP contribution in [0.1, 0.15) is 30.8 Å². The van der Waals surface area contributed by atoms with E-state index in [1.54, 1.807) is 4.68 Å². The van der Waals surface area contributed by atoms with Crippen LogP contribution in [-0.2, 0) is 21.3 Å². The summed E-state index contributed by atoms with van der Waals surface area (Å²) in [4.78, 5) is 0. The van der Waals surface area contributed by atoms with Crippen LogP contribution in [0, 0.1) is 13.8 Å². The quantitative estimate of drug-likeness (QED) is 0.779. The Bertz CT molecular complexity index is 634. The molecule has 1 aromatic heterocycles. The molecule has 120 valence electrons. The molecule has 1 heterocycles. The highest BCUT2D eigenvalue weighted by Crippen LogP contribution is 2.19. The standard InChI is InChI=1S/C15H22N4O2S/c1-11(2)21-8-9-22(20)10-14-16-17-18-19(14)15-12(3)6-5-7-13(15)4/h5-7,11H,8-10H2,1-4H3/t22-/m1/s1. The summed E-state index contributed by atoms with van der Waals surface area (Å²) in [5.41, 5.74) is 3.13. The van der Waals surface area contributed by atoms with E-state index < -0.39 is 10.8 Å². The van der Waals surface area contributed by atoms with Crippen molar-refractivity contribution in [2.75, 3.05) is 12.4 Å². The molecule has 0 amide bonds. The topological polar surface area (TPSA) is 69.9 Å². The number of aryl methyl sites for hydroxylation is 2. The van der Waals surface area contributed by atoms with Crippen molar-refractivity contribution in [3.05, 3.63) is 35.2 Å². The van der Waals surface area contributed by atoms with Gasteiger partial charge in [0.2, 0.25) is 0 Å². The summed E-state index contributed by atoms with van der Waals surface area (Å²) < 4.78 is 19.3. The number of tetrazole rings is 1. The first-order valence-electron chi connectivity index (χ1n) is 7.29. The van der Waals surface area contributed by atoms with E-state index in [4.69, 9.17) is 4.74 Å². The average Bonchev–Trinajstić information content (AvgIpc) is 2.86. The van der Waals surface area contributed by atoms with Crippen LogP contribution in [-0.4, -0.2) is 42.9 Å². The molecule has 0 bridgehead atoms. The molecule has 0 unspecified atom stereocenters. The molecule has 0 aliphatic rings. The van der Waals surface area contributed by atoms with Crippen LogP contribution >= 0.6 is 0 Å². The molecule has 0 saturated carbocycles. The second-order valence-corrected chi connectivity index (χ2v) is 7.03. The van der Waals surface area contributed by atoms with Gasteiger partial charge in [-0.3, -0.25) is 4.21 Å². The number of para-hydroxylation sites is 1. The van der Waals surface area contributed by atoms with Crippen molar-refractivity contribution in [3.8, 4) is 5.69 Å². The van der Waals surface area contributed by atoms with Gasteiger partial charge in [0.05, 0.1) is 24.2 Å². The minimum Gasteiger partial charge on any atom is -0.378 e. The SMILES string of the molecule is Cc1cccc(C)c1-n1nnnc1C[S@](=O)CCOC(C)C. The molecule has 22 heavy (non-hydrogen) atoms. The number of rotatable bonds is 7. The molecular weight excluding hydrogens is 300 g/mol. The van der Waals surface area contributed by atoms with E-state index in [9.17, 15) is 4.21 Å². The lowest BCUT2D eigenvalue weighted by Crippen LogP contribution is -2.14. The lowest BCUT2D eigenvalue weighted by molar-refractivity contribution is 0.0916. The van der Waals surface area contributed by atoms with Gasteiger partial charge in [0.1, 0.15) is 0 Å². The molecule has 0 saturated heterocycles. The number of hydrogen-bond acceptors (Lipinski definition) is 5. The Morgan fingerprint density at radius 3 is 2.59 bits per heavy atom. The first-order chi connectivity index (χ1) is 10.5. The minimum absolute atomic E-state index is 0.150. The highest BCUT2D eigenvalue weighted by molar-refractivity contribution is 7.84. The fourth-order valence-corrected chi connectivity index (χ4v) is 3.10.